The van der Waals surface area contributed by atoms with Gasteiger partial charge in [0, 0.05) is 29.6 Å². The van der Waals surface area contributed by atoms with Crippen LogP contribution in [0.25, 0.3) is 0 Å². The molecular formula is C74H124O7. The Bertz CT molecular complexity index is 2080. The number of Topliss-reactive ketones (excluding diaryl/α,β-unsaturated/α-hetero) is 1. The van der Waals surface area contributed by atoms with Crippen LogP contribution in [0.15, 0.2) is 46.1 Å². The minimum atomic E-state index is -1.23. The Labute approximate surface area is 497 Å². The summed E-state index contributed by atoms with van der Waals surface area (Å²) in [6.07, 6.45) is 53.7. The monoisotopic (exact) mass is 1120 g/mol. The fourth-order valence-electron chi connectivity index (χ4n) is 17.5. The fraction of sp³-hybridized carbons (Fsp3) is 0.865. The van der Waals surface area contributed by atoms with Crippen LogP contribution in [0.4, 0.5) is 0 Å². The van der Waals surface area contributed by atoms with Crippen LogP contribution in [-0.4, -0.2) is 47.6 Å². The molecule has 7 heteroatoms. The van der Waals surface area contributed by atoms with E-state index in [-0.39, 0.29) is 41.6 Å². The van der Waals surface area contributed by atoms with Gasteiger partial charge in [-0.25, -0.2) is 4.89 Å². The second-order valence-electron chi connectivity index (χ2n) is 29.4. The predicted molar refractivity (Wildman–Crippen MR) is 336 cm³/mol. The molecule has 2 saturated heterocycles. The van der Waals surface area contributed by atoms with Crippen LogP contribution in [0.2, 0.25) is 0 Å². The quantitative estimate of drug-likeness (QED) is 0.0152. The lowest BCUT2D eigenvalue weighted by atomic mass is 9.47. The van der Waals surface area contributed by atoms with E-state index in [0.717, 1.165) is 142 Å². The summed E-state index contributed by atoms with van der Waals surface area (Å²) in [6.45, 7) is 25.3. The number of rotatable bonds is 38. The summed E-state index contributed by atoms with van der Waals surface area (Å²) >= 11 is 0. The van der Waals surface area contributed by atoms with Crippen LogP contribution in [0.5, 0.6) is 0 Å². The number of hydrogen-bond donors (Lipinski definition) is 0. The number of carbonyl (C=O) groups excluding carboxylic acids is 2. The second kappa shape index (κ2) is 32.1. The maximum Gasteiger partial charge on any atom is 0.306 e. The summed E-state index contributed by atoms with van der Waals surface area (Å²) in [7, 11) is 0. The summed E-state index contributed by atoms with van der Waals surface area (Å²) in [4.78, 5) is 40.2. The molecule has 2 aliphatic heterocycles. The van der Waals surface area contributed by atoms with Gasteiger partial charge in [0.1, 0.15) is 18.3 Å². The number of allylic oxidation sites excluding steroid dienone is 4. The summed E-state index contributed by atoms with van der Waals surface area (Å²) in [6, 6.07) is 0. The zero-order valence-corrected chi connectivity index (χ0v) is 54.4. The second-order valence-corrected chi connectivity index (χ2v) is 29.4. The van der Waals surface area contributed by atoms with Gasteiger partial charge in [-0.15, -0.1) is 0 Å². The number of fused-ring (bicyclic) bond motifs is 6. The van der Waals surface area contributed by atoms with Crippen molar-refractivity contribution in [2.45, 2.75) is 362 Å². The molecule has 0 bridgehead atoms. The summed E-state index contributed by atoms with van der Waals surface area (Å²) < 4.78 is 19.8. The van der Waals surface area contributed by atoms with Crippen molar-refractivity contribution in [2.75, 3.05) is 0 Å². The highest BCUT2D eigenvalue weighted by atomic mass is 17.2. The van der Waals surface area contributed by atoms with Crippen LogP contribution in [-0.2, 0) is 33.6 Å². The molecule has 5 fully saturated rings. The Morgan fingerprint density at radius 3 is 2.06 bits per heavy atom. The zero-order chi connectivity index (χ0) is 58.0. The zero-order valence-electron chi connectivity index (χ0n) is 54.4. The van der Waals surface area contributed by atoms with Crippen molar-refractivity contribution in [3.63, 3.8) is 0 Å². The molecule has 2 heterocycles. The van der Waals surface area contributed by atoms with E-state index < -0.39 is 11.4 Å². The molecule has 0 radical (unpaired) electrons. The molecule has 7 aliphatic rings. The SMILES string of the molecule is CCCCCCCCCCCCCCCC[C@]1(C)CCC2=C(C)C(=O)C(C)=C(C)C2(OOC(/C=C\CCCCCCCC(=O)O[C@H]2CC[C@@]3(C)C(=CC[C@H]4[C@@H]5CC[C@H]([C@H](C)CCCC(C)C)[C@@]5(C)CC[C@@H]43)C2)C2OC2CCCCC)O1. The van der Waals surface area contributed by atoms with Crippen molar-refractivity contribution < 1.29 is 33.6 Å². The van der Waals surface area contributed by atoms with Crippen LogP contribution >= 0.6 is 0 Å². The molecule has 3 saturated carbocycles. The molecule has 81 heavy (non-hydrogen) atoms. The van der Waals surface area contributed by atoms with Gasteiger partial charge in [0.25, 0.3) is 0 Å². The van der Waals surface area contributed by atoms with E-state index in [1.165, 1.54) is 154 Å². The van der Waals surface area contributed by atoms with E-state index in [4.69, 9.17) is 24.0 Å². The fourth-order valence-corrected chi connectivity index (χ4v) is 17.5. The minimum Gasteiger partial charge on any atom is -0.462 e. The summed E-state index contributed by atoms with van der Waals surface area (Å²) in [5, 5.41) is 0. The summed E-state index contributed by atoms with van der Waals surface area (Å²) in [5.74, 6) is 3.92. The van der Waals surface area contributed by atoms with Gasteiger partial charge in [0.2, 0.25) is 5.79 Å². The predicted octanol–water partition coefficient (Wildman–Crippen LogP) is 21.3. The van der Waals surface area contributed by atoms with Gasteiger partial charge in [0.05, 0.1) is 11.7 Å². The lowest BCUT2D eigenvalue weighted by molar-refractivity contribution is -0.437. The molecule has 4 unspecified atom stereocenters. The molecular weight excluding hydrogens is 1000 g/mol. The molecule has 0 amide bonds. The maximum atomic E-state index is 13.6. The van der Waals surface area contributed by atoms with Gasteiger partial charge in [-0.05, 0) is 169 Å². The Morgan fingerprint density at radius 2 is 1.37 bits per heavy atom. The topological polar surface area (TPSA) is 83.6 Å². The molecule has 0 aromatic heterocycles. The van der Waals surface area contributed by atoms with Gasteiger partial charge in [-0.1, -0.05) is 220 Å². The molecule has 0 spiro atoms. The van der Waals surface area contributed by atoms with Gasteiger partial charge in [0.15, 0.2) is 5.78 Å². The van der Waals surface area contributed by atoms with Crippen molar-refractivity contribution in [3.8, 4) is 0 Å². The number of epoxide rings is 1. The highest BCUT2D eigenvalue weighted by molar-refractivity contribution is 6.10. The number of carbonyl (C=O) groups is 2. The molecule has 0 N–H and O–H groups in total. The van der Waals surface area contributed by atoms with Crippen molar-refractivity contribution in [2.24, 2.45) is 46.3 Å². The first-order valence-corrected chi connectivity index (χ1v) is 35.2. The standard InChI is InChI=1S/C74H124O7/c1-12-14-16-17-18-19-20-21-22-23-24-28-31-35-49-71(9)50-47-63-57(7)69(76)56(6)58(8)74(63,80-71)81-79-67(70-66(78-70)39-32-15-13-2)40-33-29-26-25-27-30-34-41-68(75)77-60-46-51-72(10)59(53-60)42-43-61-64-45-44-62(55(5)38-36-37-54(3)4)73(64,11)52-48-65(61)72/h33,40,42,54-55,60-62,64-67,70H,12-32,34-39,41,43-53H2,1-11H3/b40-33-/t55-,60+,61+,62-,64+,65+,66?,67?,70?,71-,72+,73-,74?/m1/s1. The van der Waals surface area contributed by atoms with E-state index in [1.54, 1.807) is 5.57 Å². The Kier molecular flexibility index (Phi) is 26.3. The Hall–Kier alpha value is -2.06. The van der Waals surface area contributed by atoms with Crippen molar-refractivity contribution in [3.05, 3.63) is 46.1 Å². The lowest BCUT2D eigenvalue weighted by Crippen LogP contribution is -2.54. The first-order valence-electron chi connectivity index (χ1n) is 35.2. The van der Waals surface area contributed by atoms with Gasteiger partial charge >= 0.3 is 5.97 Å². The molecule has 5 aliphatic carbocycles. The third-order valence-corrected chi connectivity index (χ3v) is 22.9. The molecule has 462 valence electrons. The number of esters is 1. The van der Waals surface area contributed by atoms with Crippen molar-refractivity contribution >= 4 is 11.8 Å². The van der Waals surface area contributed by atoms with Gasteiger partial charge in [-0.3, -0.25) is 9.59 Å². The maximum absolute atomic E-state index is 13.6. The molecule has 7 rings (SSSR count). The normalized spacial score (nSPS) is 32.7. The number of ketones is 1. The van der Waals surface area contributed by atoms with E-state index in [1.807, 2.05) is 20.8 Å². The van der Waals surface area contributed by atoms with E-state index in [0.29, 0.717) is 17.4 Å². The molecule has 7 nitrogen and oxygen atoms in total. The van der Waals surface area contributed by atoms with E-state index in [2.05, 4.69) is 73.6 Å². The molecule has 0 aromatic rings. The third-order valence-electron chi connectivity index (χ3n) is 22.9. The highest BCUT2D eigenvalue weighted by Gasteiger charge is 2.60. The largest absolute Gasteiger partial charge is 0.462 e. The van der Waals surface area contributed by atoms with Crippen molar-refractivity contribution in [1.29, 1.82) is 0 Å². The van der Waals surface area contributed by atoms with E-state index >= 15 is 0 Å². The van der Waals surface area contributed by atoms with E-state index in [9.17, 15) is 9.59 Å². The van der Waals surface area contributed by atoms with Crippen LogP contribution < -0.4 is 0 Å². The number of hydrogen-bond acceptors (Lipinski definition) is 7. The number of unbranched alkanes of at least 4 members (excludes halogenated alkanes) is 20. The average molecular weight is 1130 g/mol. The van der Waals surface area contributed by atoms with Crippen LogP contribution in [0, 0.1) is 46.3 Å². The smallest absolute Gasteiger partial charge is 0.306 e. The first kappa shape index (κ1) is 66.5. The Morgan fingerprint density at radius 1 is 0.716 bits per heavy atom. The number of ether oxygens (including phenoxy) is 3. The van der Waals surface area contributed by atoms with Gasteiger partial charge < -0.3 is 14.2 Å². The molecule has 13 atom stereocenters. The average Bonchev–Trinajstić information content (AvgIpc) is 4.32. The van der Waals surface area contributed by atoms with Crippen LogP contribution in [0.3, 0.4) is 0 Å². The minimum absolute atomic E-state index is 0.00332. The van der Waals surface area contributed by atoms with Crippen LogP contribution in [0.1, 0.15) is 327 Å². The Balaban J connectivity index is 0.825. The highest BCUT2D eigenvalue weighted by Crippen LogP contribution is 2.67. The van der Waals surface area contributed by atoms with Gasteiger partial charge in [-0.2, -0.15) is 4.89 Å². The third kappa shape index (κ3) is 17.6. The lowest BCUT2D eigenvalue weighted by Gasteiger charge is -2.58. The first-order chi connectivity index (χ1) is 39.0. The molecule has 0 aromatic carbocycles. The van der Waals surface area contributed by atoms with Crippen molar-refractivity contribution in [1.82, 2.24) is 0 Å². The summed E-state index contributed by atoms with van der Waals surface area (Å²) in [5.41, 5.74) is 5.16.